The minimum Gasteiger partial charge on any atom is -0.454 e. The molecule has 1 amide bonds. The van der Waals surface area contributed by atoms with Gasteiger partial charge >= 0.3 is 0 Å². The number of carbonyl (C=O) groups is 1. The molecular weight excluding hydrogens is 406 g/mol. The Morgan fingerprint density at radius 2 is 2.07 bits per heavy atom. The molecule has 2 heterocycles. The summed E-state index contributed by atoms with van der Waals surface area (Å²) in [6.45, 7) is 1.83. The van der Waals surface area contributed by atoms with E-state index in [1.54, 1.807) is 18.2 Å². The van der Waals surface area contributed by atoms with Crippen LogP contribution >= 0.6 is 23.4 Å². The molecule has 0 aromatic heterocycles. The number of amides is 1. The molecule has 0 unspecified atom stereocenters. The maximum Gasteiger partial charge on any atom is 0.280 e. The molecule has 2 aromatic carbocycles. The molecule has 1 N–H and O–H groups in total. The first-order valence-electron chi connectivity index (χ1n) is 8.05. The lowest BCUT2D eigenvalue weighted by Gasteiger charge is -2.02. The van der Waals surface area contributed by atoms with Crippen molar-refractivity contribution in [1.29, 1.82) is 0 Å². The first-order valence-corrected chi connectivity index (χ1v) is 9.24. The smallest absolute Gasteiger partial charge is 0.280 e. The van der Waals surface area contributed by atoms with Crippen LogP contribution in [-0.2, 0) is 4.79 Å². The van der Waals surface area contributed by atoms with Crippen molar-refractivity contribution in [2.45, 2.75) is 6.92 Å². The number of halogens is 1. The second-order valence-corrected chi connectivity index (χ2v) is 7.32. The van der Waals surface area contributed by atoms with Crippen molar-refractivity contribution < 1.29 is 19.2 Å². The third-order valence-electron chi connectivity index (χ3n) is 4.12. The summed E-state index contributed by atoms with van der Waals surface area (Å²) >= 11 is 7.19. The van der Waals surface area contributed by atoms with Crippen LogP contribution in [0, 0.1) is 17.0 Å². The molecule has 0 radical (unpaired) electrons. The molecule has 0 saturated carbocycles. The first kappa shape index (κ1) is 18.3. The second kappa shape index (κ2) is 7.17. The summed E-state index contributed by atoms with van der Waals surface area (Å²) in [5, 5.41) is 15.0. The van der Waals surface area contributed by atoms with E-state index in [1.165, 1.54) is 18.2 Å². The van der Waals surface area contributed by atoms with E-state index in [2.05, 4.69) is 10.3 Å². The number of thioether (sulfide) groups is 1. The molecule has 1 saturated heterocycles. The van der Waals surface area contributed by atoms with E-state index in [9.17, 15) is 14.9 Å². The van der Waals surface area contributed by atoms with Crippen molar-refractivity contribution in [3.63, 3.8) is 0 Å². The number of amidine groups is 1. The zero-order valence-electron chi connectivity index (χ0n) is 14.4. The number of benzene rings is 2. The fourth-order valence-electron chi connectivity index (χ4n) is 2.67. The summed E-state index contributed by atoms with van der Waals surface area (Å²) < 4.78 is 10.4. The maximum atomic E-state index is 12.3. The Kier molecular flexibility index (Phi) is 4.70. The lowest BCUT2D eigenvalue weighted by Crippen LogP contribution is -2.19. The molecular formula is C18H12ClN3O5S. The van der Waals surface area contributed by atoms with Crippen molar-refractivity contribution in [3.8, 4) is 11.5 Å². The highest BCUT2D eigenvalue weighted by molar-refractivity contribution is 8.18. The van der Waals surface area contributed by atoms with Gasteiger partial charge in [-0.1, -0.05) is 17.7 Å². The van der Waals surface area contributed by atoms with Gasteiger partial charge in [-0.25, -0.2) is 4.99 Å². The second-order valence-electron chi connectivity index (χ2n) is 5.89. The molecule has 8 nitrogen and oxygen atoms in total. The third kappa shape index (κ3) is 3.41. The Balaban J connectivity index is 1.68. The Labute approximate surface area is 168 Å². The van der Waals surface area contributed by atoms with Crippen molar-refractivity contribution in [2.75, 3.05) is 6.79 Å². The Bertz CT molecular complexity index is 1080. The van der Waals surface area contributed by atoms with Gasteiger partial charge in [-0.3, -0.25) is 14.9 Å². The van der Waals surface area contributed by atoms with Gasteiger partial charge in [0.15, 0.2) is 16.7 Å². The van der Waals surface area contributed by atoms with E-state index < -0.39 is 10.8 Å². The summed E-state index contributed by atoms with van der Waals surface area (Å²) in [5.41, 5.74) is 1.48. The molecule has 0 atom stereocenters. The fraction of sp³-hybridized carbons (Fsp3) is 0.111. The highest BCUT2D eigenvalue weighted by Crippen LogP contribution is 2.40. The molecule has 28 heavy (non-hydrogen) atoms. The molecule has 1 fully saturated rings. The van der Waals surface area contributed by atoms with Crippen LogP contribution in [0.15, 0.2) is 40.2 Å². The van der Waals surface area contributed by atoms with Crippen LogP contribution in [0.4, 0.5) is 11.4 Å². The average Bonchev–Trinajstić information content (AvgIpc) is 3.24. The number of ether oxygens (including phenoxy) is 2. The number of nitro groups is 1. The van der Waals surface area contributed by atoms with E-state index >= 15 is 0 Å². The van der Waals surface area contributed by atoms with Crippen LogP contribution in [0.2, 0.25) is 5.02 Å². The van der Waals surface area contributed by atoms with Crippen molar-refractivity contribution in [2.24, 2.45) is 4.99 Å². The number of aliphatic imine (C=N–C) groups is 1. The number of fused-ring (bicyclic) bond motifs is 1. The van der Waals surface area contributed by atoms with Gasteiger partial charge in [-0.05, 0) is 48.5 Å². The van der Waals surface area contributed by atoms with Gasteiger partial charge in [0.05, 0.1) is 27.1 Å². The highest BCUT2D eigenvalue weighted by atomic mass is 35.5. The summed E-state index contributed by atoms with van der Waals surface area (Å²) in [5.74, 6) is 0.302. The van der Waals surface area contributed by atoms with Gasteiger partial charge in [-0.15, -0.1) is 0 Å². The number of rotatable bonds is 3. The average molecular weight is 418 g/mol. The molecule has 2 aliphatic rings. The van der Waals surface area contributed by atoms with E-state index in [0.29, 0.717) is 27.4 Å². The predicted octanol–water partition coefficient (Wildman–Crippen LogP) is 4.18. The minimum atomic E-state index is -0.532. The van der Waals surface area contributed by atoms with Gasteiger partial charge < -0.3 is 14.8 Å². The molecule has 0 spiro atoms. The predicted molar refractivity (Wildman–Crippen MR) is 106 cm³/mol. The Hall–Kier alpha value is -3.04. The van der Waals surface area contributed by atoms with Gasteiger partial charge in [0.1, 0.15) is 0 Å². The quantitative estimate of drug-likeness (QED) is 0.456. The van der Waals surface area contributed by atoms with E-state index in [4.69, 9.17) is 21.1 Å². The molecule has 0 aliphatic carbocycles. The van der Waals surface area contributed by atoms with Crippen LogP contribution in [0.1, 0.15) is 11.1 Å². The summed E-state index contributed by atoms with van der Waals surface area (Å²) in [4.78, 5) is 27.9. The van der Waals surface area contributed by atoms with Gasteiger partial charge in [0.25, 0.3) is 11.6 Å². The van der Waals surface area contributed by atoms with E-state index in [0.717, 1.165) is 17.3 Å². The summed E-state index contributed by atoms with van der Waals surface area (Å²) in [6.07, 6.45) is 1.44. The van der Waals surface area contributed by atoms with Gasteiger partial charge in [-0.2, -0.15) is 0 Å². The van der Waals surface area contributed by atoms with Crippen LogP contribution < -0.4 is 14.8 Å². The normalized spacial score (nSPS) is 18.0. The summed E-state index contributed by atoms with van der Waals surface area (Å²) in [7, 11) is 0. The molecule has 142 valence electrons. The van der Waals surface area contributed by atoms with Crippen molar-refractivity contribution >= 4 is 51.9 Å². The molecule has 0 bridgehead atoms. The number of hydrogen-bond acceptors (Lipinski definition) is 7. The monoisotopic (exact) mass is 417 g/mol. The number of nitrogens with zero attached hydrogens (tertiary/aromatic N) is 2. The Morgan fingerprint density at radius 3 is 2.82 bits per heavy atom. The molecule has 2 aliphatic heterocycles. The SMILES string of the molecule is Cc1c(Cl)cccc1N=C1NC(=O)C(=Cc2cc3c(cc2[N+](=O)[O-])OCO3)S1. The van der Waals surface area contributed by atoms with Crippen LogP contribution in [0.25, 0.3) is 6.08 Å². The lowest BCUT2D eigenvalue weighted by molar-refractivity contribution is -0.385. The number of nitro benzene ring substituents is 1. The lowest BCUT2D eigenvalue weighted by atomic mass is 10.1. The fourth-order valence-corrected chi connectivity index (χ4v) is 3.66. The van der Waals surface area contributed by atoms with Crippen LogP contribution in [-0.4, -0.2) is 22.8 Å². The zero-order chi connectivity index (χ0) is 19.8. The molecule has 2 aromatic rings. The highest BCUT2D eigenvalue weighted by Gasteiger charge is 2.27. The number of nitrogens with one attached hydrogen (secondary N) is 1. The number of carbonyl (C=O) groups excluding carboxylic acids is 1. The minimum absolute atomic E-state index is 0.00244. The van der Waals surface area contributed by atoms with Crippen LogP contribution in [0.5, 0.6) is 11.5 Å². The zero-order valence-corrected chi connectivity index (χ0v) is 16.0. The number of hydrogen-bond donors (Lipinski definition) is 1. The topological polar surface area (TPSA) is 103 Å². The molecule has 4 rings (SSSR count). The summed E-state index contributed by atoms with van der Waals surface area (Å²) in [6, 6.07) is 8.08. The van der Waals surface area contributed by atoms with Crippen molar-refractivity contribution in [1.82, 2.24) is 5.32 Å². The van der Waals surface area contributed by atoms with Gasteiger partial charge in [0.2, 0.25) is 6.79 Å². The largest absolute Gasteiger partial charge is 0.454 e. The molecule has 10 heteroatoms. The first-order chi connectivity index (χ1) is 13.4. The Morgan fingerprint density at radius 1 is 1.32 bits per heavy atom. The standard InChI is InChI=1S/C18H12ClN3O5S/c1-9-11(19)3-2-4-12(9)20-18-21-17(23)16(28-18)6-10-5-14-15(27-8-26-14)7-13(10)22(24)25/h2-7H,8H2,1H3,(H,20,21,23). The van der Waals surface area contributed by atoms with E-state index in [-0.39, 0.29) is 22.9 Å². The van der Waals surface area contributed by atoms with Gasteiger partial charge in [0, 0.05) is 5.02 Å². The third-order valence-corrected chi connectivity index (χ3v) is 5.44. The maximum absolute atomic E-state index is 12.3. The van der Waals surface area contributed by atoms with Crippen LogP contribution in [0.3, 0.4) is 0 Å². The van der Waals surface area contributed by atoms with E-state index in [1.807, 2.05) is 6.92 Å². The van der Waals surface area contributed by atoms with Crippen molar-refractivity contribution in [3.05, 3.63) is 61.5 Å².